The maximum absolute atomic E-state index is 12.9. The molecule has 1 unspecified atom stereocenters. The molecule has 154 valence electrons. The summed E-state index contributed by atoms with van der Waals surface area (Å²) in [6, 6.07) is 5.42. The van der Waals surface area contributed by atoms with Gasteiger partial charge in [0.05, 0.1) is 33.2 Å². The lowest BCUT2D eigenvalue weighted by atomic mass is 9.89. The molecule has 1 fully saturated rings. The molecule has 1 aromatic rings. The number of nitrogens with zero attached hydrogens (tertiary/aromatic N) is 3. The number of carbonyl (C=O) groups excluding carboxylic acids is 2. The third kappa shape index (κ3) is 3.74. The monoisotopic (exact) mass is 399 g/mol. The van der Waals surface area contributed by atoms with E-state index < -0.39 is 5.92 Å². The van der Waals surface area contributed by atoms with Gasteiger partial charge in [-0.2, -0.15) is 4.90 Å². The van der Waals surface area contributed by atoms with E-state index in [9.17, 15) is 9.59 Å². The topological polar surface area (TPSA) is 85.4 Å². The summed E-state index contributed by atoms with van der Waals surface area (Å²) in [4.78, 5) is 35.6. The molecule has 29 heavy (non-hydrogen) atoms. The number of urea groups is 1. The number of amidine groups is 1. The van der Waals surface area contributed by atoms with E-state index in [-0.39, 0.29) is 11.9 Å². The van der Waals surface area contributed by atoms with Crippen LogP contribution in [0, 0.1) is 5.92 Å². The molecule has 2 heterocycles. The Hall–Kier alpha value is -3.16. The van der Waals surface area contributed by atoms with Crippen LogP contribution in [-0.2, 0) is 11.2 Å². The zero-order valence-electron chi connectivity index (χ0n) is 17.5. The molecule has 1 saturated heterocycles. The third-order valence-corrected chi connectivity index (χ3v) is 5.29. The van der Waals surface area contributed by atoms with Crippen molar-refractivity contribution in [1.29, 1.82) is 0 Å². The van der Waals surface area contributed by atoms with Crippen LogP contribution in [0.5, 0.6) is 11.5 Å². The number of fused-ring (bicyclic) bond motifs is 1. The van der Waals surface area contributed by atoms with Gasteiger partial charge in [-0.05, 0) is 30.5 Å². The molecule has 2 aliphatic heterocycles. The maximum atomic E-state index is 12.9. The first kappa shape index (κ1) is 20.6. The maximum Gasteiger partial charge on any atom is 0.417 e. The number of imide groups is 1. The van der Waals surface area contributed by atoms with Gasteiger partial charge in [-0.15, -0.1) is 0 Å². The first-order chi connectivity index (χ1) is 13.9. The first-order valence-corrected chi connectivity index (χ1v) is 9.56. The molecular weight excluding hydrogens is 372 g/mol. The number of nitrogens with one attached hydrogen (secondary N) is 1. The predicted octanol–water partition coefficient (Wildman–Crippen LogP) is 0.614. The minimum absolute atomic E-state index is 0.264. The second-order valence-corrected chi connectivity index (χ2v) is 6.93. The SMILES string of the molecule is CCC1=C[NH+]=C2C(C(=O)N(C)C(=O)N2C)C1=NCCc1ccc(OC)c(OC)c1. The van der Waals surface area contributed by atoms with Gasteiger partial charge in [0.15, 0.2) is 17.4 Å². The molecule has 0 radical (unpaired) electrons. The van der Waals surface area contributed by atoms with E-state index >= 15 is 0 Å². The summed E-state index contributed by atoms with van der Waals surface area (Å²) in [5.74, 6) is 1.06. The summed E-state index contributed by atoms with van der Waals surface area (Å²) in [5.41, 5.74) is 2.75. The first-order valence-electron chi connectivity index (χ1n) is 9.56. The lowest BCUT2D eigenvalue weighted by Crippen LogP contribution is -2.80. The van der Waals surface area contributed by atoms with Crippen molar-refractivity contribution in [3.05, 3.63) is 35.5 Å². The van der Waals surface area contributed by atoms with Gasteiger partial charge in [0.1, 0.15) is 0 Å². The van der Waals surface area contributed by atoms with Crippen LogP contribution in [0.15, 0.2) is 35.0 Å². The number of benzene rings is 1. The Morgan fingerprint density at radius 2 is 1.83 bits per heavy atom. The number of hydrogen-bond donors (Lipinski definition) is 1. The highest BCUT2D eigenvalue weighted by Crippen LogP contribution is 2.28. The molecule has 0 bridgehead atoms. The van der Waals surface area contributed by atoms with Crippen LogP contribution in [0.4, 0.5) is 4.79 Å². The lowest BCUT2D eigenvalue weighted by molar-refractivity contribution is -0.383. The van der Waals surface area contributed by atoms with Gasteiger partial charge in [0.25, 0.3) is 11.7 Å². The number of amides is 3. The van der Waals surface area contributed by atoms with Crippen LogP contribution >= 0.6 is 0 Å². The van der Waals surface area contributed by atoms with Gasteiger partial charge in [-0.1, -0.05) is 13.0 Å². The van der Waals surface area contributed by atoms with Crippen molar-refractivity contribution in [3.8, 4) is 11.5 Å². The van der Waals surface area contributed by atoms with E-state index in [2.05, 4.69) is 4.99 Å². The van der Waals surface area contributed by atoms with E-state index in [4.69, 9.17) is 14.5 Å². The fourth-order valence-electron chi connectivity index (χ4n) is 3.59. The van der Waals surface area contributed by atoms with Crippen LogP contribution in [0.1, 0.15) is 18.9 Å². The van der Waals surface area contributed by atoms with Crippen LogP contribution in [0.2, 0.25) is 0 Å². The Kier molecular flexibility index (Phi) is 6.00. The van der Waals surface area contributed by atoms with E-state index in [1.807, 2.05) is 31.3 Å². The Labute approximate surface area is 170 Å². The molecule has 1 N–H and O–H groups in total. The van der Waals surface area contributed by atoms with Crippen LogP contribution in [-0.4, -0.2) is 68.1 Å². The number of aliphatic imine (C=N–C) groups is 1. The third-order valence-electron chi connectivity index (χ3n) is 5.29. The molecule has 0 aromatic heterocycles. The minimum atomic E-state index is -0.590. The van der Waals surface area contributed by atoms with E-state index in [0.717, 1.165) is 28.2 Å². The van der Waals surface area contributed by atoms with Gasteiger partial charge in [-0.3, -0.25) is 9.79 Å². The van der Waals surface area contributed by atoms with Crippen molar-refractivity contribution in [1.82, 2.24) is 9.80 Å². The molecule has 3 amide bonds. The Balaban J connectivity index is 1.85. The highest BCUT2D eigenvalue weighted by molar-refractivity contribution is 6.31. The standard InChI is InChI=1S/C21H26N4O4/c1-6-14-12-23-19-17(20(26)25(3)21(27)24(19)2)18(14)22-10-9-13-7-8-15(28-4)16(11-13)29-5/h7-8,11-12,17H,6,9-10H2,1-5H3/p+1. The van der Waals surface area contributed by atoms with Crippen LogP contribution < -0.4 is 14.5 Å². The lowest BCUT2D eigenvalue weighted by Gasteiger charge is -2.32. The van der Waals surface area contributed by atoms with Gasteiger partial charge < -0.3 is 9.47 Å². The highest BCUT2D eigenvalue weighted by Gasteiger charge is 2.50. The molecule has 8 nitrogen and oxygen atoms in total. The van der Waals surface area contributed by atoms with E-state index in [1.165, 1.54) is 11.9 Å². The predicted molar refractivity (Wildman–Crippen MR) is 109 cm³/mol. The fraction of sp³-hybridized carbons (Fsp3) is 0.429. The van der Waals surface area contributed by atoms with E-state index in [0.29, 0.717) is 30.3 Å². The molecule has 2 aliphatic rings. The summed E-state index contributed by atoms with van der Waals surface area (Å²) in [5, 5.41) is 0. The zero-order valence-corrected chi connectivity index (χ0v) is 17.5. The molecule has 0 saturated carbocycles. The quantitative estimate of drug-likeness (QED) is 0.760. The summed E-state index contributed by atoms with van der Waals surface area (Å²) >= 11 is 0. The zero-order chi connectivity index (χ0) is 21.1. The molecule has 8 heteroatoms. The minimum Gasteiger partial charge on any atom is -0.493 e. The van der Waals surface area contributed by atoms with Crippen molar-refractivity contribution in [2.24, 2.45) is 10.9 Å². The number of carbonyl (C=O) groups is 2. The summed E-state index contributed by atoms with van der Waals surface area (Å²) in [6.45, 7) is 2.54. The van der Waals surface area contributed by atoms with Crippen molar-refractivity contribution in [3.63, 3.8) is 0 Å². The molecule has 0 aliphatic carbocycles. The number of allylic oxidation sites excluding steroid dienone is 1. The van der Waals surface area contributed by atoms with Crippen molar-refractivity contribution in [2.75, 3.05) is 34.9 Å². The molecule has 3 rings (SSSR count). The fourth-order valence-corrected chi connectivity index (χ4v) is 3.59. The number of methoxy groups -OCH3 is 2. The largest absolute Gasteiger partial charge is 0.493 e. The van der Waals surface area contributed by atoms with Gasteiger partial charge in [-0.25, -0.2) is 14.7 Å². The van der Waals surface area contributed by atoms with Gasteiger partial charge >= 0.3 is 6.03 Å². The highest BCUT2D eigenvalue weighted by atomic mass is 16.5. The summed E-state index contributed by atoms with van der Waals surface area (Å²) in [6.07, 6.45) is 3.26. The van der Waals surface area contributed by atoms with Crippen LogP contribution in [0.3, 0.4) is 0 Å². The number of hydrogen-bond acceptors (Lipinski definition) is 5. The number of ether oxygens (including phenoxy) is 2. The summed E-state index contributed by atoms with van der Waals surface area (Å²) < 4.78 is 10.6. The number of rotatable bonds is 6. The molecule has 1 aromatic carbocycles. The van der Waals surface area contributed by atoms with E-state index in [1.54, 1.807) is 21.3 Å². The van der Waals surface area contributed by atoms with Gasteiger partial charge in [0, 0.05) is 19.2 Å². The van der Waals surface area contributed by atoms with Crippen molar-refractivity contribution in [2.45, 2.75) is 19.8 Å². The Morgan fingerprint density at radius 3 is 2.48 bits per heavy atom. The average molecular weight is 399 g/mol. The van der Waals surface area contributed by atoms with Crippen LogP contribution in [0.25, 0.3) is 0 Å². The molecular formula is C21H27N4O4+. The summed E-state index contributed by atoms with van der Waals surface area (Å²) in [7, 11) is 6.37. The second-order valence-electron chi connectivity index (χ2n) is 6.93. The van der Waals surface area contributed by atoms with Gasteiger partial charge in [0.2, 0.25) is 0 Å². The molecule has 0 spiro atoms. The Morgan fingerprint density at radius 1 is 1.10 bits per heavy atom. The average Bonchev–Trinajstić information content (AvgIpc) is 2.75. The Bertz CT molecular complexity index is 919. The normalized spacial score (nSPS) is 20.4. The van der Waals surface area contributed by atoms with Crippen molar-refractivity contribution >= 4 is 23.5 Å². The molecule has 1 atom stereocenters. The van der Waals surface area contributed by atoms with Crippen molar-refractivity contribution < 1.29 is 24.1 Å². The smallest absolute Gasteiger partial charge is 0.417 e. The second kappa shape index (κ2) is 8.46.